The van der Waals surface area contributed by atoms with Crippen molar-refractivity contribution < 1.29 is 0 Å². The van der Waals surface area contributed by atoms with Crippen molar-refractivity contribution in [2.24, 2.45) is 5.92 Å². The topological polar surface area (TPSA) is 12.0 Å². The lowest BCUT2D eigenvalue weighted by Gasteiger charge is -2.28. The van der Waals surface area contributed by atoms with Crippen molar-refractivity contribution in [2.45, 2.75) is 53.0 Å². The van der Waals surface area contributed by atoms with Crippen LogP contribution in [0.25, 0.3) is 0 Å². The molecule has 0 saturated heterocycles. The van der Waals surface area contributed by atoms with Gasteiger partial charge in [-0.3, -0.25) is 0 Å². The zero-order valence-electron chi connectivity index (χ0n) is 12.1. The number of aryl methyl sites for hydroxylation is 1. The lowest BCUT2D eigenvalue weighted by atomic mass is 9.88. The monoisotopic (exact) mass is 359 g/mol. The Hall–Kier alpha value is -0.0900. The lowest BCUT2D eigenvalue weighted by molar-refractivity contribution is 0.340. The van der Waals surface area contributed by atoms with Crippen molar-refractivity contribution in [1.82, 2.24) is 5.32 Å². The highest BCUT2D eigenvalue weighted by molar-refractivity contribution is 14.1. The molecule has 1 unspecified atom stereocenters. The van der Waals surface area contributed by atoms with Crippen molar-refractivity contribution in [1.29, 1.82) is 0 Å². The van der Waals surface area contributed by atoms with Gasteiger partial charge in [0.15, 0.2) is 0 Å². The van der Waals surface area contributed by atoms with Crippen LogP contribution in [0.1, 0.15) is 57.2 Å². The molecule has 1 atom stereocenters. The van der Waals surface area contributed by atoms with E-state index in [0.717, 1.165) is 12.5 Å². The van der Waals surface area contributed by atoms with Gasteiger partial charge >= 0.3 is 0 Å². The molecule has 0 saturated carbocycles. The minimum Gasteiger partial charge on any atom is -0.310 e. The second-order valence-electron chi connectivity index (χ2n) is 4.99. The van der Waals surface area contributed by atoms with Crippen molar-refractivity contribution in [3.05, 3.63) is 32.9 Å². The van der Waals surface area contributed by atoms with E-state index in [4.69, 9.17) is 0 Å². The highest BCUT2D eigenvalue weighted by Crippen LogP contribution is 2.31. The molecule has 18 heavy (non-hydrogen) atoms. The van der Waals surface area contributed by atoms with E-state index in [1.807, 2.05) is 0 Å². The Kier molecular flexibility index (Phi) is 7.23. The van der Waals surface area contributed by atoms with Crippen LogP contribution in [0.3, 0.4) is 0 Å². The third-order valence-electron chi connectivity index (χ3n) is 3.69. The first-order chi connectivity index (χ1) is 8.65. The molecule has 0 aliphatic rings. The van der Waals surface area contributed by atoms with Gasteiger partial charge < -0.3 is 5.32 Å². The average Bonchev–Trinajstić information content (AvgIpc) is 2.38. The fourth-order valence-electron chi connectivity index (χ4n) is 2.50. The molecular weight excluding hydrogens is 333 g/mol. The Morgan fingerprint density at radius 2 is 1.83 bits per heavy atom. The number of hydrogen-bond donors (Lipinski definition) is 1. The molecule has 1 aromatic rings. The Labute approximate surface area is 126 Å². The van der Waals surface area contributed by atoms with Crippen LogP contribution in [-0.4, -0.2) is 6.54 Å². The van der Waals surface area contributed by atoms with Crippen molar-refractivity contribution >= 4 is 22.6 Å². The minimum atomic E-state index is 0.506. The average molecular weight is 359 g/mol. The first-order valence-electron chi connectivity index (χ1n) is 7.14. The maximum atomic E-state index is 3.75. The molecule has 0 heterocycles. The van der Waals surface area contributed by atoms with E-state index in [0.29, 0.717) is 6.04 Å². The summed E-state index contributed by atoms with van der Waals surface area (Å²) >= 11 is 2.50. The van der Waals surface area contributed by atoms with Crippen LogP contribution in [0, 0.1) is 16.4 Å². The number of nitrogens with one attached hydrogen (secondary N) is 1. The van der Waals surface area contributed by atoms with Crippen LogP contribution in [0.4, 0.5) is 0 Å². The second kappa shape index (κ2) is 8.16. The third-order valence-corrected chi connectivity index (χ3v) is 5.16. The van der Waals surface area contributed by atoms with Crippen LogP contribution in [0.15, 0.2) is 18.2 Å². The predicted molar refractivity (Wildman–Crippen MR) is 89.0 cm³/mol. The summed E-state index contributed by atoms with van der Waals surface area (Å²) in [7, 11) is 0. The van der Waals surface area contributed by atoms with E-state index in [-0.39, 0.29) is 0 Å². The second-order valence-corrected chi connectivity index (χ2v) is 6.07. The van der Waals surface area contributed by atoms with E-state index in [1.54, 1.807) is 0 Å². The summed E-state index contributed by atoms with van der Waals surface area (Å²) in [4.78, 5) is 0. The molecule has 0 aliphatic carbocycles. The van der Waals surface area contributed by atoms with Gasteiger partial charge in [0.05, 0.1) is 0 Å². The SMILES string of the molecule is CCCNC(c1cccc(C)c1I)C(CC)CC. The summed E-state index contributed by atoms with van der Waals surface area (Å²) < 4.78 is 1.43. The van der Waals surface area contributed by atoms with Gasteiger partial charge in [0.2, 0.25) is 0 Å². The number of hydrogen-bond acceptors (Lipinski definition) is 1. The molecule has 0 aliphatic heterocycles. The number of halogens is 1. The van der Waals surface area contributed by atoms with Gasteiger partial charge in [0.1, 0.15) is 0 Å². The minimum absolute atomic E-state index is 0.506. The largest absolute Gasteiger partial charge is 0.310 e. The molecular formula is C16H26IN. The summed E-state index contributed by atoms with van der Waals surface area (Å²) in [5.74, 6) is 0.729. The summed E-state index contributed by atoms with van der Waals surface area (Å²) in [6.07, 6.45) is 3.67. The van der Waals surface area contributed by atoms with Gasteiger partial charge in [-0.2, -0.15) is 0 Å². The van der Waals surface area contributed by atoms with Gasteiger partial charge in [0, 0.05) is 9.61 Å². The van der Waals surface area contributed by atoms with Gasteiger partial charge in [-0.1, -0.05) is 51.8 Å². The highest BCUT2D eigenvalue weighted by Gasteiger charge is 2.21. The molecule has 1 rings (SSSR count). The van der Waals surface area contributed by atoms with Crippen LogP contribution < -0.4 is 5.32 Å². The van der Waals surface area contributed by atoms with E-state index >= 15 is 0 Å². The molecule has 0 bridgehead atoms. The van der Waals surface area contributed by atoms with E-state index < -0.39 is 0 Å². The molecule has 0 amide bonds. The fraction of sp³-hybridized carbons (Fsp3) is 0.625. The highest BCUT2D eigenvalue weighted by atomic mass is 127. The molecule has 1 aromatic carbocycles. The van der Waals surface area contributed by atoms with Crippen LogP contribution in [0.5, 0.6) is 0 Å². The van der Waals surface area contributed by atoms with Crippen molar-refractivity contribution in [3.8, 4) is 0 Å². The normalized spacial score (nSPS) is 13.0. The Balaban J connectivity index is 3.04. The maximum absolute atomic E-state index is 3.75. The molecule has 0 radical (unpaired) electrons. The fourth-order valence-corrected chi connectivity index (χ4v) is 3.20. The number of rotatable bonds is 7. The third kappa shape index (κ3) is 3.95. The Bertz CT molecular complexity index is 358. The Morgan fingerprint density at radius 3 is 2.39 bits per heavy atom. The zero-order chi connectivity index (χ0) is 13.5. The van der Waals surface area contributed by atoms with Crippen LogP contribution in [0.2, 0.25) is 0 Å². The summed E-state index contributed by atoms with van der Waals surface area (Å²) in [5, 5.41) is 3.75. The Morgan fingerprint density at radius 1 is 1.17 bits per heavy atom. The van der Waals surface area contributed by atoms with Gasteiger partial charge in [-0.15, -0.1) is 0 Å². The summed E-state index contributed by atoms with van der Waals surface area (Å²) in [6.45, 7) is 10.1. The predicted octanol–water partition coefficient (Wildman–Crippen LogP) is 5.08. The molecule has 0 aromatic heterocycles. The van der Waals surface area contributed by atoms with Crippen molar-refractivity contribution in [2.75, 3.05) is 6.54 Å². The van der Waals surface area contributed by atoms with Gasteiger partial charge in [-0.05, 0) is 59.5 Å². The summed E-state index contributed by atoms with van der Waals surface area (Å²) in [6, 6.07) is 7.19. The molecule has 1 nitrogen and oxygen atoms in total. The maximum Gasteiger partial charge on any atom is 0.0359 e. The van der Waals surface area contributed by atoms with E-state index in [2.05, 4.69) is 73.8 Å². The zero-order valence-corrected chi connectivity index (χ0v) is 14.3. The molecule has 2 heteroatoms. The van der Waals surface area contributed by atoms with Gasteiger partial charge in [-0.25, -0.2) is 0 Å². The van der Waals surface area contributed by atoms with Crippen LogP contribution in [-0.2, 0) is 0 Å². The standard InChI is InChI=1S/C16H26IN/c1-5-11-18-16(13(6-2)7-3)14-10-8-9-12(4)15(14)17/h8-10,13,16,18H,5-7,11H2,1-4H3. The van der Waals surface area contributed by atoms with Crippen molar-refractivity contribution in [3.63, 3.8) is 0 Å². The number of benzene rings is 1. The molecule has 1 N–H and O–H groups in total. The molecule has 102 valence electrons. The van der Waals surface area contributed by atoms with E-state index in [1.165, 1.54) is 34.0 Å². The quantitative estimate of drug-likeness (QED) is 0.670. The first kappa shape index (κ1) is 16.0. The molecule has 0 fully saturated rings. The smallest absolute Gasteiger partial charge is 0.0359 e. The van der Waals surface area contributed by atoms with Gasteiger partial charge in [0.25, 0.3) is 0 Å². The lowest BCUT2D eigenvalue weighted by Crippen LogP contribution is -2.29. The van der Waals surface area contributed by atoms with Crippen LogP contribution >= 0.6 is 22.6 Å². The van der Waals surface area contributed by atoms with E-state index in [9.17, 15) is 0 Å². The summed E-state index contributed by atoms with van der Waals surface area (Å²) in [5.41, 5.74) is 2.88. The molecule has 0 spiro atoms. The first-order valence-corrected chi connectivity index (χ1v) is 8.21.